The van der Waals surface area contributed by atoms with Gasteiger partial charge in [0.2, 0.25) is 5.91 Å². The van der Waals surface area contributed by atoms with Crippen LogP contribution in [-0.2, 0) is 9.59 Å². The van der Waals surface area contributed by atoms with E-state index in [2.05, 4.69) is 20.8 Å². The summed E-state index contributed by atoms with van der Waals surface area (Å²) in [5.41, 5.74) is 0.0244. The largest absolute Gasteiger partial charge is 0.481 e. The third kappa shape index (κ3) is 2.67. The monoisotopic (exact) mass is 265 g/mol. The Balaban J connectivity index is 2.14. The molecule has 1 fully saturated rings. The molecule has 4 atom stereocenters. The van der Waals surface area contributed by atoms with Crippen molar-refractivity contribution in [1.82, 2.24) is 4.90 Å². The van der Waals surface area contributed by atoms with E-state index in [4.69, 9.17) is 0 Å². The van der Waals surface area contributed by atoms with E-state index in [0.717, 1.165) is 6.42 Å². The minimum Gasteiger partial charge on any atom is -0.481 e. The summed E-state index contributed by atoms with van der Waals surface area (Å²) in [5, 5.41) is 9.36. The minimum absolute atomic E-state index is 0.0147. The maximum absolute atomic E-state index is 12.6. The number of carboxylic acid groups (broad SMARTS) is 1. The van der Waals surface area contributed by atoms with Gasteiger partial charge in [-0.2, -0.15) is 0 Å². The predicted molar refractivity (Wildman–Crippen MR) is 72.4 cm³/mol. The molecule has 106 valence electrons. The van der Waals surface area contributed by atoms with Gasteiger partial charge in [0.1, 0.15) is 0 Å². The normalized spacial score (nSPS) is 32.6. The first-order chi connectivity index (χ1) is 8.70. The molecule has 2 rings (SSSR count). The van der Waals surface area contributed by atoms with Gasteiger partial charge in [0, 0.05) is 13.6 Å². The average Bonchev–Trinajstić information content (AvgIpc) is 2.84. The van der Waals surface area contributed by atoms with Crippen LogP contribution in [0.3, 0.4) is 0 Å². The Labute approximate surface area is 114 Å². The number of carboxylic acids is 1. The van der Waals surface area contributed by atoms with Gasteiger partial charge in [-0.25, -0.2) is 0 Å². The van der Waals surface area contributed by atoms with Crippen LogP contribution in [0.2, 0.25) is 0 Å². The fourth-order valence-electron chi connectivity index (χ4n) is 3.54. The number of aliphatic carboxylic acids is 1. The van der Waals surface area contributed by atoms with Gasteiger partial charge in [-0.15, -0.1) is 0 Å². The lowest BCUT2D eigenvalue weighted by atomic mass is 9.82. The van der Waals surface area contributed by atoms with Crippen molar-refractivity contribution in [3.8, 4) is 0 Å². The van der Waals surface area contributed by atoms with Gasteiger partial charge in [-0.3, -0.25) is 9.59 Å². The average molecular weight is 265 g/mol. The first-order valence-corrected chi connectivity index (χ1v) is 6.87. The second kappa shape index (κ2) is 4.66. The number of fused-ring (bicyclic) bond motifs is 2. The Hall–Kier alpha value is -1.32. The first-order valence-electron chi connectivity index (χ1n) is 6.87. The van der Waals surface area contributed by atoms with Crippen molar-refractivity contribution in [3.05, 3.63) is 12.2 Å². The quantitative estimate of drug-likeness (QED) is 0.794. The van der Waals surface area contributed by atoms with Crippen molar-refractivity contribution in [3.63, 3.8) is 0 Å². The van der Waals surface area contributed by atoms with E-state index >= 15 is 0 Å². The molecule has 4 heteroatoms. The predicted octanol–water partition coefficient (Wildman–Crippen LogP) is 2.01. The van der Waals surface area contributed by atoms with Gasteiger partial charge in [0.25, 0.3) is 0 Å². The van der Waals surface area contributed by atoms with E-state index < -0.39 is 11.9 Å². The van der Waals surface area contributed by atoms with Crippen molar-refractivity contribution in [1.29, 1.82) is 0 Å². The van der Waals surface area contributed by atoms with Crippen LogP contribution in [0, 0.1) is 29.1 Å². The van der Waals surface area contributed by atoms with Crippen LogP contribution in [0.15, 0.2) is 12.2 Å². The highest BCUT2D eigenvalue weighted by Gasteiger charge is 2.52. The van der Waals surface area contributed by atoms with Crippen LogP contribution >= 0.6 is 0 Å². The van der Waals surface area contributed by atoms with Crippen molar-refractivity contribution in [2.75, 3.05) is 13.6 Å². The van der Waals surface area contributed by atoms with E-state index in [0.29, 0.717) is 6.54 Å². The van der Waals surface area contributed by atoms with E-state index in [9.17, 15) is 14.7 Å². The summed E-state index contributed by atoms with van der Waals surface area (Å²) < 4.78 is 0. The fourth-order valence-corrected chi connectivity index (χ4v) is 3.54. The summed E-state index contributed by atoms with van der Waals surface area (Å²) in [6, 6.07) is 0. The Morgan fingerprint density at radius 1 is 1.21 bits per heavy atom. The van der Waals surface area contributed by atoms with E-state index in [1.54, 1.807) is 11.9 Å². The molecule has 19 heavy (non-hydrogen) atoms. The number of hydrogen-bond donors (Lipinski definition) is 1. The summed E-state index contributed by atoms with van der Waals surface area (Å²) in [4.78, 5) is 25.7. The molecule has 0 saturated heterocycles. The highest BCUT2D eigenvalue weighted by Crippen LogP contribution is 2.48. The van der Waals surface area contributed by atoms with Crippen molar-refractivity contribution >= 4 is 11.9 Å². The van der Waals surface area contributed by atoms with Gasteiger partial charge in [0.15, 0.2) is 0 Å². The van der Waals surface area contributed by atoms with Crippen LogP contribution in [0.25, 0.3) is 0 Å². The first kappa shape index (κ1) is 14.1. The third-order valence-corrected chi connectivity index (χ3v) is 4.12. The molecule has 2 aliphatic carbocycles. The Morgan fingerprint density at radius 2 is 1.74 bits per heavy atom. The zero-order valence-corrected chi connectivity index (χ0v) is 12.1. The van der Waals surface area contributed by atoms with Gasteiger partial charge < -0.3 is 10.0 Å². The highest BCUT2D eigenvalue weighted by atomic mass is 16.4. The molecule has 4 nitrogen and oxygen atoms in total. The number of nitrogens with zero attached hydrogens (tertiary/aromatic N) is 1. The number of allylic oxidation sites excluding steroid dienone is 2. The Kier molecular flexibility index (Phi) is 3.45. The molecular weight excluding hydrogens is 242 g/mol. The van der Waals surface area contributed by atoms with Crippen molar-refractivity contribution in [2.45, 2.75) is 27.2 Å². The Morgan fingerprint density at radius 3 is 2.21 bits per heavy atom. The second-order valence-corrected chi connectivity index (χ2v) is 7.09. The van der Waals surface area contributed by atoms with Crippen LogP contribution < -0.4 is 0 Å². The molecule has 2 bridgehead atoms. The molecule has 2 unspecified atom stereocenters. The summed E-state index contributed by atoms with van der Waals surface area (Å²) in [5.74, 6) is -1.61. The molecule has 0 aliphatic heterocycles. The minimum atomic E-state index is -0.834. The summed E-state index contributed by atoms with van der Waals surface area (Å²) in [7, 11) is 1.78. The molecule has 0 aromatic rings. The maximum Gasteiger partial charge on any atom is 0.307 e. The van der Waals surface area contributed by atoms with Crippen LogP contribution in [0.5, 0.6) is 0 Å². The van der Waals surface area contributed by atoms with Gasteiger partial charge in [-0.05, 0) is 23.7 Å². The molecule has 2 aliphatic rings. The summed E-state index contributed by atoms with van der Waals surface area (Å²) in [6.45, 7) is 6.88. The standard InChI is InChI=1S/C15H23NO3/c1-15(2,3)8-16(4)13(17)11-9-5-6-10(7-9)12(11)14(18)19/h5-6,9-12H,7-8H2,1-4H3,(H,18,19)/t9?,10?,11-,12+/m0/s1. The summed E-state index contributed by atoms with van der Waals surface area (Å²) >= 11 is 0. The molecule has 0 aromatic heterocycles. The molecule has 1 N–H and O–H groups in total. The van der Waals surface area contributed by atoms with Gasteiger partial charge in [0.05, 0.1) is 11.8 Å². The van der Waals surface area contributed by atoms with E-state index in [1.807, 2.05) is 12.2 Å². The molecule has 1 saturated carbocycles. The molecule has 1 amide bonds. The number of carbonyl (C=O) groups excluding carboxylic acids is 1. The highest BCUT2D eigenvalue weighted by molar-refractivity contribution is 5.86. The molecule has 0 radical (unpaired) electrons. The number of amides is 1. The lowest BCUT2D eigenvalue weighted by molar-refractivity contribution is -0.150. The molecule has 0 spiro atoms. The van der Waals surface area contributed by atoms with Crippen molar-refractivity contribution in [2.24, 2.45) is 29.1 Å². The molecule has 0 aromatic carbocycles. The van der Waals surface area contributed by atoms with E-state index in [1.165, 1.54) is 0 Å². The SMILES string of the molecule is CN(CC(C)(C)C)C(=O)[C@H]1C2C=CC(C2)[C@H]1C(=O)O. The van der Waals surface area contributed by atoms with Crippen LogP contribution in [0.1, 0.15) is 27.2 Å². The maximum atomic E-state index is 12.6. The van der Waals surface area contributed by atoms with Crippen LogP contribution in [-0.4, -0.2) is 35.5 Å². The smallest absolute Gasteiger partial charge is 0.307 e. The third-order valence-electron chi connectivity index (χ3n) is 4.12. The lowest BCUT2D eigenvalue weighted by Crippen LogP contribution is -2.43. The second-order valence-electron chi connectivity index (χ2n) is 7.09. The van der Waals surface area contributed by atoms with Gasteiger partial charge in [-0.1, -0.05) is 32.9 Å². The van der Waals surface area contributed by atoms with E-state index in [-0.39, 0.29) is 29.1 Å². The molecule has 0 heterocycles. The zero-order chi connectivity index (χ0) is 14.4. The number of carbonyl (C=O) groups is 2. The Bertz CT molecular complexity index is 422. The number of rotatable bonds is 3. The fraction of sp³-hybridized carbons (Fsp3) is 0.733. The summed E-state index contributed by atoms with van der Waals surface area (Å²) in [6.07, 6.45) is 4.81. The lowest BCUT2D eigenvalue weighted by Gasteiger charge is -2.32. The molecular formula is C15H23NO3. The topological polar surface area (TPSA) is 57.6 Å². The van der Waals surface area contributed by atoms with Gasteiger partial charge >= 0.3 is 5.97 Å². The number of hydrogen-bond acceptors (Lipinski definition) is 2. The van der Waals surface area contributed by atoms with Crippen LogP contribution in [0.4, 0.5) is 0 Å². The zero-order valence-electron chi connectivity index (χ0n) is 12.1. The van der Waals surface area contributed by atoms with Crippen molar-refractivity contribution < 1.29 is 14.7 Å².